The van der Waals surface area contributed by atoms with Crippen molar-refractivity contribution in [3.05, 3.63) is 27.7 Å². The van der Waals surface area contributed by atoms with Crippen LogP contribution in [0.4, 0.5) is 0 Å². The van der Waals surface area contributed by atoms with Crippen LogP contribution in [-0.4, -0.2) is 11.7 Å². The number of aliphatic hydroxyl groups excluding tert-OH is 1. The van der Waals surface area contributed by atoms with E-state index in [1.165, 1.54) is 31.2 Å². The average Bonchev–Trinajstić information content (AvgIpc) is 2.96. The molecule has 1 heterocycles. The molecule has 2 saturated carbocycles. The topological polar surface area (TPSA) is 29.5 Å². The molecule has 2 fully saturated rings. The number of hydrogen-bond acceptors (Lipinski definition) is 2. The SMILES string of the molecule is OC(c1cc(Br)cc2c1OCC2)C1C2CCCCC21. The number of halogens is 1. The molecule has 0 bridgehead atoms. The maximum Gasteiger partial charge on any atom is 0.128 e. The van der Waals surface area contributed by atoms with Crippen molar-refractivity contribution in [2.24, 2.45) is 17.8 Å². The Morgan fingerprint density at radius 2 is 1.95 bits per heavy atom. The fraction of sp³-hybridized carbons (Fsp3) is 0.625. The quantitative estimate of drug-likeness (QED) is 0.896. The molecular weight excluding hydrogens is 304 g/mol. The molecule has 3 heteroatoms. The molecule has 2 nitrogen and oxygen atoms in total. The van der Waals surface area contributed by atoms with Crippen molar-refractivity contribution in [3.63, 3.8) is 0 Å². The molecule has 0 spiro atoms. The van der Waals surface area contributed by atoms with E-state index in [2.05, 4.69) is 28.1 Å². The zero-order chi connectivity index (χ0) is 13.0. The molecule has 0 saturated heterocycles. The van der Waals surface area contributed by atoms with Gasteiger partial charge in [-0.15, -0.1) is 0 Å². The Bertz CT molecular complexity index is 502. The van der Waals surface area contributed by atoms with Gasteiger partial charge in [-0.3, -0.25) is 0 Å². The van der Waals surface area contributed by atoms with Gasteiger partial charge in [0.05, 0.1) is 12.7 Å². The van der Waals surface area contributed by atoms with E-state index in [-0.39, 0.29) is 6.10 Å². The molecule has 0 aromatic heterocycles. The van der Waals surface area contributed by atoms with Crippen LogP contribution in [-0.2, 0) is 6.42 Å². The van der Waals surface area contributed by atoms with Crippen LogP contribution in [0.1, 0.15) is 42.9 Å². The summed E-state index contributed by atoms with van der Waals surface area (Å²) in [6.07, 6.45) is 5.94. The van der Waals surface area contributed by atoms with E-state index in [0.717, 1.165) is 40.6 Å². The van der Waals surface area contributed by atoms with Crippen LogP contribution < -0.4 is 4.74 Å². The van der Waals surface area contributed by atoms with E-state index in [0.29, 0.717) is 5.92 Å². The summed E-state index contributed by atoms with van der Waals surface area (Å²) in [4.78, 5) is 0. The van der Waals surface area contributed by atoms with E-state index < -0.39 is 0 Å². The molecule has 0 radical (unpaired) electrons. The minimum atomic E-state index is -0.336. The molecule has 4 rings (SSSR count). The molecule has 1 aromatic carbocycles. The average molecular weight is 323 g/mol. The number of fused-ring (bicyclic) bond motifs is 2. The number of rotatable bonds is 2. The van der Waals surface area contributed by atoms with Crippen molar-refractivity contribution in [2.75, 3.05) is 6.61 Å². The fourth-order valence-electron chi connectivity index (χ4n) is 4.24. The molecule has 1 aromatic rings. The van der Waals surface area contributed by atoms with Crippen molar-refractivity contribution in [2.45, 2.75) is 38.2 Å². The monoisotopic (exact) mass is 322 g/mol. The summed E-state index contributed by atoms with van der Waals surface area (Å²) < 4.78 is 6.82. The summed E-state index contributed by atoms with van der Waals surface area (Å²) in [6.45, 7) is 0.753. The lowest BCUT2D eigenvalue weighted by atomic mass is 9.99. The van der Waals surface area contributed by atoms with Crippen LogP contribution in [0.15, 0.2) is 16.6 Å². The molecule has 3 atom stereocenters. The smallest absolute Gasteiger partial charge is 0.128 e. The second kappa shape index (κ2) is 4.49. The molecular formula is C16H19BrO2. The normalized spacial score (nSPS) is 33.3. The largest absolute Gasteiger partial charge is 0.493 e. The molecule has 0 amide bonds. The lowest BCUT2D eigenvalue weighted by molar-refractivity contribution is 0.138. The first kappa shape index (κ1) is 12.2. The maximum absolute atomic E-state index is 10.8. The maximum atomic E-state index is 10.8. The lowest BCUT2D eigenvalue weighted by Crippen LogP contribution is -2.05. The summed E-state index contributed by atoms with van der Waals surface area (Å²) in [5.41, 5.74) is 2.26. The second-order valence-electron chi connectivity index (χ2n) is 6.22. The van der Waals surface area contributed by atoms with Gasteiger partial charge in [0.15, 0.2) is 0 Å². The first-order chi connectivity index (χ1) is 9.25. The van der Waals surface area contributed by atoms with Gasteiger partial charge in [0.1, 0.15) is 5.75 Å². The first-order valence-corrected chi connectivity index (χ1v) is 8.18. The van der Waals surface area contributed by atoms with Crippen molar-refractivity contribution >= 4 is 15.9 Å². The lowest BCUT2D eigenvalue weighted by Gasteiger charge is -2.15. The number of aliphatic hydroxyl groups is 1. The number of benzene rings is 1. The Kier molecular flexibility index (Phi) is 2.89. The number of hydrogen-bond donors (Lipinski definition) is 1. The molecule has 102 valence electrons. The van der Waals surface area contributed by atoms with Gasteiger partial charge in [0.2, 0.25) is 0 Å². The highest BCUT2D eigenvalue weighted by atomic mass is 79.9. The van der Waals surface area contributed by atoms with Gasteiger partial charge in [-0.2, -0.15) is 0 Å². The van der Waals surface area contributed by atoms with Gasteiger partial charge in [-0.1, -0.05) is 28.8 Å². The fourth-order valence-corrected chi connectivity index (χ4v) is 4.76. The third-order valence-corrected chi connectivity index (χ3v) is 5.64. The highest BCUT2D eigenvalue weighted by molar-refractivity contribution is 9.10. The second-order valence-corrected chi connectivity index (χ2v) is 7.13. The Balaban J connectivity index is 1.66. The molecule has 2 aliphatic carbocycles. The van der Waals surface area contributed by atoms with E-state index in [1.807, 2.05) is 0 Å². The number of ether oxygens (including phenoxy) is 1. The summed E-state index contributed by atoms with van der Waals surface area (Å²) in [6, 6.07) is 4.18. The highest BCUT2D eigenvalue weighted by Crippen LogP contribution is 2.61. The van der Waals surface area contributed by atoms with Crippen molar-refractivity contribution in [1.29, 1.82) is 0 Å². The van der Waals surface area contributed by atoms with E-state index in [4.69, 9.17) is 4.74 Å². The van der Waals surface area contributed by atoms with Crippen LogP contribution >= 0.6 is 15.9 Å². The van der Waals surface area contributed by atoms with Crippen LogP contribution in [0.3, 0.4) is 0 Å². The minimum absolute atomic E-state index is 0.336. The Morgan fingerprint density at radius 3 is 2.68 bits per heavy atom. The third-order valence-electron chi connectivity index (χ3n) is 5.18. The van der Waals surface area contributed by atoms with Crippen molar-refractivity contribution < 1.29 is 9.84 Å². The van der Waals surface area contributed by atoms with Gasteiger partial charge in [0.25, 0.3) is 0 Å². The van der Waals surface area contributed by atoms with Crippen LogP contribution in [0.2, 0.25) is 0 Å². The first-order valence-electron chi connectivity index (χ1n) is 7.39. The minimum Gasteiger partial charge on any atom is -0.493 e. The summed E-state index contributed by atoms with van der Waals surface area (Å²) in [5, 5.41) is 10.8. The zero-order valence-corrected chi connectivity index (χ0v) is 12.5. The van der Waals surface area contributed by atoms with Crippen LogP contribution in [0, 0.1) is 17.8 Å². The van der Waals surface area contributed by atoms with Gasteiger partial charge in [-0.05, 0) is 48.3 Å². The molecule has 1 N–H and O–H groups in total. The Morgan fingerprint density at radius 1 is 1.21 bits per heavy atom. The van der Waals surface area contributed by atoms with E-state index in [9.17, 15) is 5.11 Å². The molecule has 3 aliphatic rings. The van der Waals surface area contributed by atoms with Crippen molar-refractivity contribution in [3.8, 4) is 5.75 Å². The highest BCUT2D eigenvalue weighted by Gasteiger charge is 2.54. The van der Waals surface area contributed by atoms with Gasteiger partial charge in [0, 0.05) is 16.5 Å². The summed E-state index contributed by atoms with van der Waals surface area (Å²) in [5.74, 6) is 2.96. The van der Waals surface area contributed by atoms with Gasteiger partial charge in [-0.25, -0.2) is 0 Å². The third kappa shape index (κ3) is 1.93. The molecule has 19 heavy (non-hydrogen) atoms. The van der Waals surface area contributed by atoms with E-state index in [1.54, 1.807) is 0 Å². The Labute approximate surface area is 122 Å². The predicted molar refractivity (Wildman–Crippen MR) is 77.2 cm³/mol. The van der Waals surface area contributed by atoms with E-state index >= 15 is 0 Å². The van der Waals surface area contributed by atoms with Crippen LogP contribution in [0.5, 0.6) is 5.75 Å². The summed E-state index contributed by atoms with van der Waals surface area (Å²) >= 11 is 3.56. The molecule has 3 unspecified atom stereocenters. The molecule has 1 aliphatic heterocycles. The van der Waals surface area contributed by atoms with Crippen LogP contribution in [0.25, 0.3) is 0 Å². The standard InChI is InChI=1S/C16H19BrO2/c17-10-7-9-5-6-19-16(9)13(8-10)15(18)14-11-3-1-2-4-12(11)14/h7-8,11-12,14-15,18H,1-6H2. The van der Waals surface area contributed by atoms with Gasteiger partial charge < -0.3 is 9.84 Å². The van der Waals surface area contributed by atoms with Gasteiger partial charge >= 0.3 is 0 Å². The predicted octanol–water partition coefficient (Wildman–Crippen LogP) is 3.85. The Hall–Kier alpha value is -0.540. The van der Waals surface area contributed by atoms with Crippen molar-refractivity contribution in [1.82, 2.24) is 0 Å². The summed E-state index contributed by atoms with van der Waals surface area (Å²) in [7, 11) is 0. The zero-order valence-electron chi connectivity index (χ0n) is 10.9.